The lowest BCUT2D eigenvalue weighted by Gasteiger charge is -2.02. The molecule has 1 heterocycles. The molecule has 0 bridgehead atoms. The normalized spacial score (nSPS) is 10.8. The van der Waals surface area contributed by atoms with Gasteiger partial charge in [0.05, 0.1) is 15.2 Å². The third kappa shape index (κ3) is 3.92. The number of rotatable bonds is 6. The second kappa shape index (κ2) is 6.52. The van der Waals surface area contributed by atoms with E-state index in [1.807, 2.05) is 6.07 Å². The van der Waals surface area contributed by atoms with Crippen molar-refractivity contribution in [2.24, 2.45) is 0 Å². The minimum Gasteiger partial charge on any atom is -0.508 e. The molecule has 4 nitrogen and oxygen atoms in total. The van der Waals surface area contributed by atoms with Crippen LogP contribution in [-0.2, 0) is 11.2 Å². The maximum Gasteiger partial charge on any atom is 0.220 e. The van der Waals surface area contributed by atoms with E-state index in [9.17, 15) is 9.90 Å². The van der Waals surface area contributed by atoms with Crippen LogP contribution >= 0.6 is 11.3 Å². The van der Waals surface area contributed by atoms with Crippen molar-refractivity contribution in [2.45, 2.75) is 32.6 Å². The van der Waals surface area contributed by atoms with E-state index >= 15 is 0 Å². The number of benzene rings is 1. The molecule has 19 heavy (non-hydrogen) atoms. The topological polar surface area (TPSA) is 62.2 Å². The summed E-state index contributed by atoms with van der Waals surface area (Å²) in [6.45, 7) is 2.69. The number of aromatic hydroxyl groups is 1. The Bertz CT molecular complexity index is 566. The van der Waals surface area contributed by atoms with Crippen LogP contribution in [0.1, 0.15) is 31.2 Å². The van der Waals surface area contributed by atoms with Crippen LogP contribution in [-0.4, -0.2) is 22.5 Å². The molecule has 0 aliphatic rings. The third-order valence-electron chi connectivity index (χ3n) is 2.83. The van der Waals surface area contributed by atoms with Crippen LogP contribution in [0.5, 0.6) is 5.75 Å². The van der Waals surface area contributed by atoms with Crippen LogP contribution in [0.4, 0.5) is 0 Å². The summed E-state index contributed by atoms with van der Waals surface area (Å²) in [6.07, 6.45) is 3.31. The molecule has 5 heteroatoms. The maximum atomic E-state index is 11.4. The van der Waals surface area contributed by atoms with Crippen molar-refractivity contribution in [3.63, 3.8) is 0 Å². The molecule has 2 rings (SSSR count). The van der Waals surface area contributed by atoms with E-state index in [-0.39, 0.29) is 11.7 Å². The summed E-state index contributed by atoms with van der Waals surface area (Å²) in [7, 11) is 0. The van der Waals surface area contributed by atoms with Crippen LogP contribution in [0, 0.1) is 0 Å². The van der Waals surface area contributed by atoms with Gasteiger partial charge in [-0.1, -0.05) is 13.3 Å². The molecule has 0 fully saturated rings. The van der Waals surface area contributed by atoms with Crippen molar-refractivity contribution >= 4 is 27.5 Å². The number of hydrogen-bond donors (Lipinski definition) is 2. The molecule has 0 spiro atoms. The zero-order valence-corrected chi connectivity index (χ0v) is 11.8. The number of carbonyl (C=O) groups excluding carboxylic acids is 1. The van der Waals surface area contributed by atoms with E-state index in [0.717, 1.165) is 34.5 Å². The predicted octanol–water partition coefficient (Wildman–Crippen LogP) is 2.85. The first-order chi connectivity index (χ1) is 9.19. The molecular weight excluding hydrogens is 260 g/mol. The number of hydrogen-bond acceptors (Lipinski definition) is 4. The Morgan fingerprint density at radius 1 is 1.47 bits per heavy atom. The molecule has 1 aromatic heterocycles. The van der Waals surface area contributed by atoms with Gasteiger partial charge in [0.15, 0.2) is 0 Å². The van der Waals surface area contributed by atoms with Gasteiger partial charge < -0.3 is 10.4 Å². The minimum absolute atomic E-state index is 0.112. The number of aromatic nitrogens is 1. The van der Waals surface area contributed by atoms with Crippen molar-refractivity contribution < 1.29 is 9.90 Å². The SMILES string of the molecule is CCCCC(=O)NCCc1nc2ccc(O)cc2s1. The largest absolute Gasteiger partial charge is 0.508 e. The summed E-state index contributed by atoms with van der Waals surface area (Å²) in [5.74, 6) is 0.371. The van der Waals surface area contributed by atoms with Crippen molar-refractivity contribution in [3.8, 4) is 5.75 Å². The standard InChI is InChI=1S/C14H18N2O2S/c1-2-3-4-13(18)15-8-7-14-16-11-6-5-10(17)9-12(11)19-14/h5-6,9,17H,2-4,7-8H2,1H3,(H,15,18). The zero-order valence-electron chi connectivity index (χ0n) is 11.0. The Balaban J connectivity index is 1.86. The number of unbranched alkanes of at least 4 members (excludes halogenated alkanes) is 1. The summed E-state index contributed by atoms with van der Waals surface area (Å²) in [5, 5.41) is 13.3. The first kappa shape index (κ1) is 13.8. The number of carbonyl (C=O) groups is 1. The molecule has 0 radical (unpaired) electrons. The Labute approximate surface area is 116 Å². The van der Waals surface area contributed by atoms with E-state index in [0.29, 0.717) is 13.0 Å². The van der Waals surface area contributed by atoms with Gasteiger partial charge in [-0.25, -0.2) is 4.98 Å². The van der Waals surface area contributed by atoms with Gasteiger partial charge in [0.25, 0.3) is 0 Å². The molecule has 1 amide bonds. The smallest absolute Gasteiger partial charge is 0.220 e. The number of amides is 1. The van der Waals surface area contributed by atoms with Crippen molar-refractivity contribution in [1.82, 2.24) is 10.3 Å². The molecule has 0 aliphatic heterocycles. The van der Waals surface area contributed by atoms with Crippen molar-refractivity contribution in [2.75, 3.05) is 6.54 Å². The molecule has 0 atom stereocenters. The fourth-order valence-corrected chi connectivity index (χ4v) is 2.80. The van der Waals surface area contributed by atoms with Crippen LogP contribution < -0.4 is 5.32 Å². The van der Waals surface area contributed by atoms with E-state index in [1.165, 1.54) is 0 Å². The number of nitrogens with zero attached hydrogens (tertiary/aromatic N) is 1. The van der Waals surface area contributed by atoms with E-state index in [1.54, 1.807) is 23.5 Å². The second-order valence-electron chi connectivity index (χ2n) is 4.46. The number of thiazole rings is 1. The number of phenolic OH excluding ortho intramolecular Hbond substituents is 1. The van der Waals surface area contributed by atoms with Gasteiger partial charge >= 0.3 is 0 Å². The molecule has 0 unspecified atom stereocenters. The first-order valence-corrected chi connectivity index (χ1v) is 7.36. The molecule has 0 aliphatic carbocycles. The molecule has 2 N–H and O–H groups in total. The van der Waals surface area contributed by atoms with Crippen LogP contribution in [0.25, 0.3) is 10.2 Å². The van der Waals surface area contributed by atoms with E-state index in [2.05, 4.69) is 17.2 Å². The summed E-state index contributed by atoms with van der Waals surface area (Å²) < 4.78 is 0.979. The third-order valence-corrected chi connectivity index (χ3v) is 3.91. The molecule has 102 valence electrons. The van der Waals surface area contributed by atoms with Crippen LogP contribution in [0.15, 0.2) is 18.2 Å². The lowest BCUT2D eigenvalue weighted by Crippen LogP contribution is -2.25. The van der Waals surface area contributed by atoms with Gasteiger partial charge in [-0.05, 0) is 24.6 Å². The molecule has 1 aromatic carbocycles. The number of nitrogens with one attached hydrogen (secondary N) is 1. The van der Waals surface area contributed by atoms with Gasteiger partial charge in [0.1, 0.15) is 5.75 Å². The quantitative estimate of drug-likeness (QED) is 0.854. The van der Waals surface area contributed by atoms with E-state index < -0.39 is 0 Å². The average molecular weight is 278 g/mol. The van der Waals surface area contributed by atoms with Crippen LogP contribution in [0.2, 0.25) is 0 Å². The number of phenols is 1. The lowest BCUT2D eigenvalue weighted by molar-refractivity contribution is -0.121. The predicted molar refractivity (Wildman–Crippen MR) is 77.5 cm³/mol. The average Bonchev–Trinajstić information content (AvgIpc) is 2.78. The second-order valence-corrected chi connectivity index (χ2v) is 5.58. The van der Waals surface area contributed by atoms with Crippen molar-refractivity contribution in [1.29, 1.82) is 0 Å². The highest BCUT2D eigenvalue weighted by molar-refractivity contribution is 7.18. The van der Waals surface area contributed by atoms with E-state index in [4.69, 9.17) is 0 Å². The minimum atomic E-state index is 0.112. The molecule has 0 saturated heterocycles. The Morgan fingerprint density at radius 2 is 2.32 bits per heavy atom. The summed E-state index contributed by atoms with van der Waals surface area (Å²) in [6, 6.07) is 5.17. The highest BCUT2D eigenvalue weighted by atomic mass is 32.1. The summed E-state index contributed by atoms with van der Waals surface area (Å²) >= 11 is 1.56. The van der Waals surface area contributed by atoms with Crippen LogP contribution in [0.3, 0.4) is 0 Å². The monoisotopic (exact) mass is 278 g/mol. The number of fused-ring (bicyclic) bond motifs is 1. The Hall–Kier alpha value is -1.62. The van der Waals surface area contributed by atoms with Gasteiger partial charge in [-0.3, -0.25) is 4.79 Å². The highest BCUT2D eigenvalue weighted by Crippen LogP contribution is 2.25. The first-order valence-electron chi connectivity index (χ1n) is 6.54. The summed E-state index contributed by atoms with van der Waals surface area (Å²) in [4.78, 5) is 15.9. The fraction of sp³-hybridized carbons (Fsp3) is 0.429. The molecule has 2 aromatic rings. The van der Waals surface area contributed by atoms with Gasteiger partial charge in [0.2, 0.25) is 5.91 Å². The lowest BCUT2D eigenvalue weighted by atomic mass is 10.2. The highest BCUT2D eigenvalue weighted by Gasteiger charge is 2.05. The van der Waals surface area contributed by atoms with Gasteiger partial charge in [-0.15, -0.1) is 11.3 Å². The van der Waals surface area contributed by atoms with Crippen molar-refractivity contribution in [3.05, 3.63) is 23.2 Å². The van der Waals surface area contributed by atoms with Gasteiger partial charge in [0, 0.05) is 19.4 Å². The fourth-order valence-electron chi connectivity index (χ4n) is 1.80. The Morgan fingerprint density at radius 3 is 3.11 bits per heavy atom. The Kier molecular flexibility index (Phi) is 4.74. The maximum absolute atomic E-state index is 11.4. The molecule has 0 saturated carbocycles. The zero-order chi connectivity index (χ0) is 13.7. The summed E-state index contributed by atoms with van der Waals surface area (Å²) in [5.41, 5.74) is 0.898. The molecular formula is C14H18N2O2S. The van der Waals surface area contributed by atoms with Gasteiger partial charge in [-0.2, -0.15) is 0 Å².